The Kier molecular flexibility index (Phi) is 6.62. The first kappa shape index (κ1) is 22.8. The summed E-state index contributed by atoms with van der Waals surface area (Å²) in [5, 5.41) is 6.87. The van der Waals surface area contributed by atoms with Crippen molar-refractivity contribution in [1.82, 2.24) is 20.2 Å². The predicted octanol–water partition coefficient (Wildman–Crippen LogP) is 2.74. The summed E-state index contributed by atoms with van der Waals surface area (Å²) in [5.74, 6) is -1.58. The Balaban J connectivity index is 1.38. The summed E-state index contributed by atoms with van der Waals surface area (Å²) in [4.78, 5) is 40.3. The number of aromatic nitrogens is 2. The lowest BCUT2D eigenvalue weighted by Gasteiger charge is -2.33. The van der Waals surface area contributed by atoms with Crippen molar-refractivity contribution in [3.05, 3.63) is 58.7 Å². The van der Waals surface area contributed by atoms with E-state index in [1.54, 1.807) is 19.9 Å². The molecule has 1 atom stereocenters. The van der Waals surface area contributed by atoms with Crippen LogP contribution in [0.4, 0.5) is 8.78 Å². The number of hydrogen-bond donors (Lipinski definition) is 1. The highest BCUT2D eigenvalue weighted by atomic mass is 19.2. The van der Waals surface area contributed by atoms with E-state index in [1.165, 1.54) is 6.07 Å². The average Bonchev–Trinajstić information content (AvgIpc) is 3.30. The molecular weight excluding hydrogens is 432 g/mol. The number of rotatable bonds is 5. The molecule has 3 heterocycles. The van der Waals surface area contributed by atoms with Gasteiger partial charge in [0.25, 0.3) is 5.91 Å². The van der Waals surface area contributed by atoms with Crippen LogP contribution in [0.2, 0.25) is 0 Å². The zero-order valence-corrected chi connectivity index (χ0v) is 18.5. The summed E-state index contributed by atoms with van der Waals surface area (Å²) in [6, 6.07) is 5.01. The second-order valence-electron chi connectivity index (χ2n) is 8.35. The molecule has 2 amide bonds. The fourth-order valence-corrected chi connectivity index (χ4v) is 4.14. The Labute approximate surface area is 190 Å². The summed E-state index contributed by atoms with van der Waals surface area (Å²) in [6.45, 7) is 4.71. The number of oxime groups is 1. The summed E-state index contributed by atoms with van der Waals surface area (Å²) >= 11 is 0. The molecule has 1 saturated heterocycles. The van der Waals surface area contributed by atoms with Gasteiger partial charge in [-0.2, -0.15) is 0 Å². The quantitative estimate of drug-likeness (QED) is 0.745. The van der Waals surface area contributed by atoms with E-state index >= 15 is 0 Å². The van der Waals surface area contributed by atoms with Gasteiger partial charge in [0, 0.05) is 38.9 Å². The van der Waals surface area contributed by atoms with E-state index in [0.29, 0.717) is 48.2 Å². The van der Waals surface area contributed by atoms with Crippen LogP contribution in [0, 0.1) is 24.5 Å². The molecule has 33 heavy (non-hydrogen) atoms. The minimum Gasteiger partial charge on any atom is -0.391 e. The number of nitrogens with one attached hydrogen (secondary N) is 1. The molecule has 1 aromatic carbocycles. The van der Waals surface area contributed by atoms with Gasteiger partial charge in [-0.25, -0.2) is 18.7 Å². The van der Waals surface area contributed by atoms with E-state index in [2.05, 4.69) is 20.4 Å². The van der Waals surface area contributed by atoms with Crippen LogP contribution in [0.5, 0.6) is 0 Å². The number of nitrogens with zero attached hydrogens (tertiary/aromatic N) is 4. The first-order valence-electron chi connectivity index (χ1n) is 10.9. The number of halogens is 2. The molecule has 1 fully saturated rings. The van der Waals surface area contributed by atoms with Gasteiger partial charge in [-0.05, 0) is 43.5 Å². The highest BCUT2D eigenvalue weighted by Crippen LogP contribution is 2.29. The van der Waals surface area contributed by atoms with Gasteiger partial charge in [0.15, 0.2) is 11.6 Å². The third-order valence-corrected chi connectivity index (χ3v) is 6.01. The zero-order chi connectivity index (χ0) is 23.5. The number of amides is 2. The van der Waals surface area contributed by atoms with Crippen molar-refractivity contribution in [2.75, 3.05) is 13.1 Å². The maximum absolute atomic E-state index is 13.4. The fraction of sp³-hybridized carbons (Fsp3) is 0.435. The molecule has 2 aliphatic heterocycles. The molecule has 8 nitrogen and oxygen atoms in total. The van der Waals surface area contributed by atoms with E-state index in [0.717, 1.165) is 25.0 Å². The number of benzene rings is 1. The second kappa shape index (κ2) is 9.60. The lowest BCUT2D eigenvalue weighted by atomic mass is 9.88. The normalized spacial score (nSPS) is 18.6. The van der Waals surface area contributed by atoms with E-state index < -0.39 is 17.5 Å². The van der Waals surface area contributed by atoms with Crippen molar-refractivity contribution < 1.29 is 23.2 Å². The van der Waals surface area contributed by atoms with Gasteiger partial charge < -0.3 is 15.1 Å². The Bertz CT molecular complexity index is 1100. The summed E-state index contributed by atoms with van der Waals surface area (Å²) in [6.07, 6.45) is 2.19. The predicted molar refractivity (Wildman–Crippen MR) is 115 cm³/mol. The largest absolute Gasteiger partial charge is 0.391 e. The number of likely N-dealkylation sites (tertiary alicyclic amines) is 1. The van der Waals surface area contributed by atoms with Crippen LogP contribution in [0.3, 0.4) is 0 Å². The molecule has 2 aromatic rings. The third-order valence-electron chi connectivity index (χ3n) is 6.01. The van der Waals surface area contributed by atoms with Gasteiger partial charge in [0.1, 0.15) is 23.3 Å². The first-order chi connectivity index (χ1) is 15.8. The Morgan fingerprint density at radius 3 is 2.61 bits per heavy atom. The van der Waals surface area contributed by atoms with Gasteiger partial charge in [0.2, 0.25) is 5.91 Å². The molecule has 1 N–H and O–H groups in total. The molecule has 4 rings (SSSR count). The van der Waals surface area contributed by atoms with Crippen LogP contribution >= 0.6 is 0 Å². The Hall–Kier alpha value is -3.43. The van der Waals surface area contributed by atoms with E-state index in [4.69, 9.17) is 4.84 Å². The zero-order valence-electron chi connectivity index (χ0n) is 18.5. The molecule has 0 radical (unpaired) electrons. The van der Waals surface area contributed by atoms with Gasteiger partial charge in [-0.15, -0.1) is 0 Å². The van der Waals surface area contributed by atoms with Crippen molar-refractivity contribution in [2.45, 2.75) is 45.8 Å². The standard InChI is InChI=1S/C23H25F2N5O3/c1-13-27-19(20-11-22(33-29-20)16-5-7-30(8-6-16)14(2)31)10-21(28-13)23(32)26-12-15-3-4-17(24)18(25)9-15/h3-4,9-10,16,22H,5-8,11-12H2,1-2H3,(H,26,32). The van der Waals surface area contributed by atoms with Crippen LogP contribution in [0.1, 0.15) is 53.8 Å². The first-order valence-corrected chi connectivity index (χ1v) is 10.9. The maximum atomic E-state index is 13.4. The summed E-state index contributed by atoms with van der Waals surface area (Å²) in [5.41, 5.74) is 1.75. The summed E-state index contributed by atoms with van der Waals surface area (Å²) in [7, 11) is 0. The van der Waals surface area contributed by atoms with Gasteiger partial charge in [-0.1, -0.05) is 11.2 Å². The van der Waals surface area contributed by atoms with E-state index in [1.807, 2.05) is 4.90 Å². The van der Waals surface area contributed by atoms with Crippen molar-refractivity contribution in [1.29, 1.82) is 0 Å². The smallest absolute Gasteiger partial charge is 0.270 e. The van der Waals surface area contributed by atoms with Gasteiger partial charge >= 0.3 is 0 Å². The number of aryl methyl sites for hydroxylation is 1. The van der Waals surface area contributed by atoms with E-state index in [9.17, 15) is 18.4 Å². The Morgan fingerprint density at radius 2 is 1.91 bits per heavy atom. The lowest BCUT2D eigenvalue weighted by molar-refractivity contribution is -0.130. The second-order valence-corrected chi connectivity index (χ2v) is 8.35. The SMILES string of the molecule is CC(=O)N1CCC(C2CC(c3cc(C(=O)NCc4ccc(F)c(F)c4)nc(C)n3)=NO2)CC1. The van der Waals surface area contributed by atoms with Gasteiger partial charge in [-0.3, -0.25) is 9.59 Å². The monoisotopic (exact) mass is 457 g/mol. The highest BCUT2D eigenvalue weighted by Gasteiger charge is 2.34. The molecule has 1 aromatic heterocycles. The molecule has 2 aliphatic rings. The number of carbonyl (C=O) groups is 2. The molecule has 10 heteroatoms. The number of carbonyl (C=O) groups excluding carboxylic acids is 2. The molecule has 1 unspecified atom stereocenters. The molecular formula is C23H25F2N5O3. The topological polar surface area (TPSA) is 96.8 Å². The molecule has 0 spiro atoms. The Morgan fingerprint density at radius 1 is 1.15 bits per heavy atom. The summed E-state index contributed by atoms with van der Waals surface area (Å²) < 4.78 is 26.5. The van der Waals surface area contributed by atoms with Crippen LogP contribution in [0.25, 0.3) is 0 Å². The number of piperidine rings is 1. The van der Waals surface area contributed by atoms with Gasteiger partial charge in [0.05, 0.1) is 5.69 Å². The fourth-order valence-electron chi connectivity index (χ4n) is 4.14. The molecule has 0 aliphatic carbocycles. The van der Waals surface area contributed by atoms with Crippen LogP contribution < -0.4 is 5.32 Å². The minimum absolute atomic E-state index is 0.0273. The van der Waals surface area contributed by atoms with Crippen molar-refractivity contribution in [3.63, 3.8) is 0 Å². The van der Waals surface area contributed by atoms with Crippen molar-refractivity contribution >= 4 is 17.5 Å². The molecule has 174 valence electrons. The van der Waals surface area contributed by atoms with Crippen molar-refractivity contribution in [2.24, 2.45) is 11.1 Å². The van der Waals surface area contributed by atoms with Crippen LogP contribution in [-0.4, -0.2) is 51.6 Å². The highest BCUT2D eigenvalue weighted by molar-refractivity contribution is 6.01. The van der Waals surface area contributed by atoms with Crippen LogP contribution in [0.15, 0.2) is 29.4 Å². The minimum atomic E-state index is -0.970. The maximum Gasteiger partial charge on any atom is 0.270 e. The average molecular weight is 457 g/mol. The lowest BCUT2D eigenvalue weighted by Crippen LogP contribution is -2.40. The van der Waals surface area contributed by atoms with Crippen LogP contribution in [-0.2, 0) is 16.2 Å². The van der Waals surface area contributed by atoms with Crippen molar-refractivity contribution in [3.8, 4) is 0 Å². The number of hydrogen-bond acceptors (Lipinski definition) is 6. The molecule has 0 bridgehead atoms. The third kappa shape index (κ3) is 5.32. The molecule has 0 saturated carbocycles. The van der Waals surface area contributed by atoms with E-state index in [-0.39, 0.29) is 24.2 Å².